The fourth-order valence-electron chi connectivity index (χ4n) is 5.81. The van der Waals surface area contributed by atoms with Crippen LogP contribution in [0.4, 0.5) is 0 Å². The number of benzene rings is 1. The zero-order valence-corrected chi connectivity index (χ0v) is 28.6. The summed E-state index contributed by atoms with van der Waals surface area (Å²) in [5.74, 6) is 0. The van der Waals surface area contributed by atoms with Gasteiger partial charge in [0.15, 0.2) is 0 Å². The van der Waals surface area contributed by atoms with Gasteiger partial charge in [0.25, 0.3) is 0 Å². The summed E-state index contributed by atoms with van der Waals surface area (Å²) in [6.07, 6.45) is 23.4. The van der Waals surface area contributed by atoms with Gasteiger partial charge in [-0.2, -0.15) is 0 Å². The average Bonchev–Trinajstić information content (AvgIpc) is 3.44. The standard InChI is InChI=1S/C35H64NO6P/c1-3-4-5-6-7-8-9-10-11-12-13-14-15-16-17-23-29-39-32-35(40-31-34-24-19-18-20-25-34)33-42-43(37,38)41-30-28-36(2)26-21-22-27-36/h18-20,24-25,35H,3-17,21-23,26-33H2,1-2H3/p+1. The molecule has 0 radical (unpaired) electrons. The van der Waals surface area contributed by atoms with Gasteiger partial charge in [0.1, 0.15) is 19.3 Å². The molecule has 0 spiro atoms. The first-order valence-electron chi connectivity index (χ1n) is 17.6. The fourth-order valence-corrected chi connectivity index (χ4v) is 6.55. The van der Waals surface area contributed by atoms with Crippen molar-refractivity contribution in [2.24, 2.45) is 0 Å². The van der Waals surface area contributed by atoms with Crippen molar-refractivity contribution < 1.29 is 32.5 Å². The highest BCUT2D eigenvalue weighted by atomic mass is 31.2. The van der Waals surface area contributed by atoms with Crippen LogP contribution in [0.3, 0.4) is 0 Å². The van der Waals surface area contributed by atoms with Gasteiger partial charge in [0, 0.05) is 19.4 Å². The SMILES string of the molecule is CCCCCCCCCCCCCCCCCCOCC(COP(=O)(O)OCC[N+]1(C)CCCC1)OCc1ccccc1. The van der Waals surface area contributed by atoms with Gasteiger partial charge in [-0.1, -0.05) is 134 Å². The van der Waals surface area contributed by atoms with E-state index in [1.54, 1.807) is 0 Å². The molecule has 2 rings (SSSR count). The molecule has 0 saturated carbocycles. The highest BCUT2D eigenvalue weighted by Crippen LogP contribution is 2.43. The zero-order valence-electron chi connectivity index (χ0n) is 27.7. The normalized spacial score (nSPS) is 16.8. The molecule has 1 aliphatic rings. The first-order valence-corrected chi connectivity index (χ1v) is 19.1. The van der Waals surface area contributed by atoms with E-state index in [0.717, 1.165) is 29.6 Å². The van der Waals surface area contributed by atoms with Gasteiger partial charge in [0.05, 0.1) is 40.0 Å². The molecule has 1 aliphatic heterocycles. The Labute approximate surface area is 264 Å². The van der Waals surface area contributed by atoms with Crippen LogP contribution in [0, 0.1) is 0 Å². The summed E-state index contributed by atoms with van der Waals surface area (Å²) in [7, 11) is -1.98. The molecular weight excluding hydrogens is 561 g/mol. The van der Waals surface area contributed by atoms with Gasteiger partial charge in [0.2, 0.25) is 0 Å². The lowest BCUT2D eigenvalue weighted by atomic mass is 10.0. The molecular formula is C35H65NO6P+. The second-order valence-electron chi connectivity index (χ2n) is 12.9. The molecule has 1 heterocycles. The molecule has 0 amide bonds. The Morgan fingerprint density at radius 2 is 1.28 bits per heavy atom. The lowest BCUT2D eigenvalue weighted by Crippen LogP contribution is -2.43. The minimum atomic E-state index is -4.15. The summed E-state index contributed by atoms with van der Waals surface area (Å²) in [5, 5.41) is 0. The Morgan fingerprint density at radius 1 is 0.744 bits per heavy atom. The minimum absolute atomic E-state index is 0.0499. The lowest BCUT2D eigenvalue weighted by molar-refractivity contribution is -0.897. The minimum Gasteiger partial charge on any atom is -0.379 e. The van der Waals surface area contributed by atoms with Gasteiger partial charge in [-0.25, -0.2) is 4.57 Å². The van der Waals surface area contributed by atoms with Crippen molar-refractivity contribution in [3.8, 4) is 0 Å². The second kappa shape index (κ2) is 24.4. The average molecular weight is 627 g/mol. The number of phosphoric ester groups is 1. The van der Waals surface area contributed by atoms with E-state index in [2.05, 4.69) is 14.0 Å². The number of likely N-dealkylation sites (tertiary alicyclic amines) is 1. The summed E-state index contributed by atoms with van der Waals surface area (Å²) in [5.41, 5.74) is 1.04. The third-order valence-corrected chi connectivity index (χ3v) is 9.71. The molecule has 0 aromatic heterocycles. The summed E-state index contributed by atoms with van der Waals surface area (Å²) in [6.45, 7) is 6.70. The van der Waals surface area contributed by atoms with E-state index in [0.29, 0.717) is 26.4 Å². The first kappa shape index (κ1) is 38.4. The first-order chi connectivity index (χ1) is 20.9. The summed E-state index contributed by atoms with van der Waals surface area (Å²) in [4.78, 5) is 10.2. The second-order valence-corrected chi connectivity index (χ2v) is 14.3. The van der Waals surface area contributed by atoms with Crippen LogP contribution < -0.4 is 0 Å². The quantitative estimate of drug-likeness (QED) is 0.0543. The molecule has 0 aliphatic carbocycles. The van der Waals surface area contributed by atoms with Gasteiger partial charge in [-0.15, -0.1) is 0 Å². The molecule has 8 heteroatoms. The maximum atomic E-state index is 12.5. The van der Waals surface area contributed by atoms with Gasteiger partial charge in [-0.3, -0.25) is 9.05 Å². The summed E-state index contributed by atoms with van der Waals surface area (Å²) >= 11 is 0. The summed E-state index contributed by atoms with van der Waals surface area (Å²) in [6, 6.07) is 9.90. The van der Waals surface area contributed by atoms with Crippen molar-refractivity contribution in [3.63, 3.8) is 0 Å². The smallest absolute Gasteiger partial charge is 0.379 e. The molecule has 2 unspecified atom stereocenters. The molecule has 1 aromatic carbocycles. The van der Waals surface area contributed by atoms with Crippen LogP contribution in [0.2, 0.25) is 0 Å². The molecule has 1 N–H and O–H groups in total. The largest absolute Gasteiger partial charge is 0.472 e. The van der Waals surface area contributed by atoms with Crippen molar-refractivity contribution in [1.82, 2.24) is 0 Å². The number of nitrogens with zero attached hydrogens (tertiary/aromatic N) is 1. The fraction of sp³-hybridized carbons (Fsp3) is 0.829. The van der Waals surface area contributed by atoms with Crippen LogP contribution in [-0.2, 0) is 29.7 Å². The van der Waals surface area contributed by atoms with E-state index in [1.165, 1.54) is 109 Å². The number of ether oxygens (including phenoxy) is 2. The maximum Gasteiger partial charge on any atom is 0.472 e. The molecule has 7 nitrogen and oxygen atoms in total. The van der Waals surface area contributed by atoms with E-state index in [-0.39, 0.29) is 13.2 Å². The Kier molecular flexibility index (Phi) is 21.8. The van der Waals surface area contributed by atoms with E-state index < -0.39 is 13.9 Å². The van der Waals surface area contributed by atoms with E-state index in [9.17, 15) is 9.46 Å². The topological polar surface area (TPSA) is 74.2 Å². The molecule has 2 atom stereocenters. The number of likely N-dealkylation sites (N-methyl/N-ethyl adjacent to an activating group) is 1. The number of hydrogen-bond acceptors (Lipinski definition) is 5. The monoisotopic (exact) mass is 626 g/mol. The van der Waals surface area contributed by atoms with Crippen molar-refractivity contribution in [2.75, 3.05) is 53.1 Å². The predicted molar refractivity (Wildman–Crippen MR) is 177 cm³/mol. The molecule has 250 valence electrons. The Balaban J connectivity index is 1.52. The number of hydrogen-bond donors (Lipinski definition) is 1. The molecule has 43 heavy (non-hydrogen) atoms. The number of phosphoric acid groups is 1. The van der Waals surface area contributed by atoms with E-state index in [1.807, 2.05) is 30.3 Å². The van der Waals surface area contributed by atoms with Crippen LogP contribution >= 0.6 is 7.82 Å². The molecule has 1 fully saturated rings. The third kappa shape index (κ3) is 20.8. The van der Waals surface area contributed by atoms with Gasteiger partial charge in [-0.05, 0) is 12.0 Å². The van der Waals surface area contributed by atoms with E-state index >= 15 is 0 Å². The number of unbranched alkanes of at least 4 members (excludes halogenated alkanes) is 15. The predicted octanol–water partition coefficient (Wildman–Crippen LogP) is 9.22. The van der Waals surface area contributed by atoms with Crippen LogP contribution in [0.25, 0.3) is 0 Å². The van der Waals surface area contributed by atoms with Gasteiger partial charge < -0.3 is 18.9 Å². The highest BCUT2D eigenvalue weighted by Gasteiger charge is 2.29. The maximum absolute atomic E-state index is 12.5. The van der Waals surface area contributed by atoms with Crippen LogP contribution in [-0.4, -0.2) is 68.6 Å². The number of rotatable bonds is 29. The zero-order chi connectivity index (χ0) is 30.9. The van der Waals surface area contributed by atoms with Crippen molar-refractivity contribution in [3.05, 3.63) is 35.9 Å². The van der Waals surface area contributed by atoms with Crippen molar-refractivity contribution in [1.29, 1.82) is 0 Å². The lowest BCUT2D eigenvalue weighted by Gasteiger charge is -2.29. The number of quaternary nitrogens is 1. The Morgan fingerprint density at radius 3 is 1.84 bits per heavy atom. The summed E-state index contributed by atoms with van der Waals surface area (Å²) < 4.78 is 36.0. The van der Waals surface area contributed by atoms with Gasteiger partial charge >= 0.3 is 7.82 Å². The third-order valence-electron chi connectivity index (χ3n) is 8.73. The van der Waals surface area contributed by atoms with Crippen LogP contribution in [0.1, 0.15) is 128 Å². The van der Waals surface area contributed by atoms with E-state index in [4.69, 9.17) is 18.5 Å². The molecule has 1 aromatic rings. The Hall–Kier alpha value is -0.790. The van der Waals surface area contributed by atoms with Crippen LogP contribution in [0.5, 0.6) is 0 Å². The highest BCUT2D eigenvalue weighted by molar-refractivity contribution is 7.47. The Bertz CT molecular complexity index is 820. The van der Waals surface area contributed by atoms with Crippen LogP contribution in [0.15, 0.2) is 30.3 Å². The van der Waals surface area contributed by atoms with Crippen molar-refractivity contribution >= 4 is 7.82 Å². The molecule has 1 saturated heterocycles. The van der Waals surface area contributed by atoms with Crippen molar-refractivity contribution in [2.45, 2.75) is 135 Å². The molecule has 0 bridgehead atoms.